The van der Waals surface area contributed by atoms with E-state index in [9.17, 15) is 0 Å². The fourth-order valence-electron chi connectivity index (χ4n) is 1.23. The van der Waals surface area contributed by atoms with Crippen LogP contribution in [0.5, 0.6) is 0 Å². The molecule has 0 aliphatic heterocycles. The van der Waals surface area contributed by atoms with Gasteiger partial charge in [-0.1, -0.05) is 74.7 Å². The predicted molar refractivity (Wildman–Crippen MR) is 66.2 cm³/mol. The van der Waals surface area contributed by atoms with Gasteiger partial charge in [0.2, 0.25) is 0 Å². The third-order valence-electron chi connectivity index (χ3n) is 1.99. The van der Waals surface area contributed by atoms with Gasteiger partial charge in [0.05, 0.1) is 0 Å². The summed E-state index contributed by atoms with van der Waals surface area (Å²) in [6.07, 6.45) is 3.93. The Hall–Kier alpha value is 0. The van der Waals surface area contributed by atoms with Crippen molar-refractivity contribution in [3.05, 3.63) is 0 Å². The molecule has 0 unspecified atom stereocenters. The molecule has 0 aromatic carbocycles. The molecule has 84 valence electrons. The molecule has 0 aliphatic rings. The van der Waals surface area contributed by atoms with Crippen molar-refractivity contribution in [1.82, 2.24) is 0 Å². The van der Waals surface area contributed by atoms with E-state index in [1.165, 1.54) is 19.3 Å². The van der Waals surface area contributed by atoms with Gasteiger partial charge in [0.25, 0.3) is 0 Å². The van der Waals surface area contributed by atoms with E-state index in [1.54, 1.807) is 0 Å². The van der Waals surface area contributed by atoms with Gasteiger partial charge in [0.1, 0.15) is 0 Å². The van der Waals surface area contributed by atoms with Gasteiger partial charge in [-0.2, -0.15) is 0 Å². The highest BCUT2D eigenvalue weighted by Gasteiger charge is 2.06. The van der Waals surface area contributed by atoms with Crippen LogP contribution in [0, 0.1) is 11.8 Å². The van der Waals surface area contributed by atoms with E-state index in [4.69, 9.17) is 0 Å². The van der Waals surface area contributed by atoms with Crippen molar-refractivity contribution in [3.63, 3.8) is 0 Å². The topological polar surface area (TPSA) is 0 Å². The lowest BCUT2D eigenvalue weighted by atomic mass is 9.91. The Morgan fingerprint density at radius 1 is 0.769 bits per heavy atom. The zero-order chi connectivity index (χ0) is 11.3. The molecule has 0 saturated heterocycles. The Morgan fingerprint density at radius 3 is 1.00 bits per heavy atom. The van der Waals surface area contributed by atoms with Crippen molar-refractivity contribution >= 4 is 0 Å². The fraction of sp³-hybridized carbons (Fsp3) is 1.00. The van der Waals surface area contributed by atoms with E-state index in [-0.39, 0.29) is 0 Å². The minimum atomic E-state index is 0.880. The van der Waals surface area contributed by atoms with Crippen LogP contribution in [0.25, 0.3) is 0 Å². The maximum atomic E-state index is 2.30. The average molecular weight is 188 g/mol. The van der Waals surface area contributed by atoms with Crippen molar-refractivity contribution in [2.24, 2.45) is 11.8 Å². The Balaban J connectivity index is -0.000000169. The molecule has 0 heterocycles. The fourth-order valence-corrected chi connectivity index (χ4v) is 1.23. The normalized spacial score (nSPS) is 8.77. The molecule has 0 fully saturated rings. The lowest BCUT2D eigenvalue weighted by Crippen LogP contribution is -2.04. The molecule has 0 bridgehead atoms. The van der Waals surface area contributed by atoms with Crippen molar-refractivity contribution < 1.29 is 0 Å². The van der Waals surface area contributed by atoms with Crippen LogP contribution in [0.2, 0.25) is 0 Å². The summed E-state index contributed by atoms with van der Waals surface area (Å²) in [6, 6.07) is 0. The molecule has 0 nitrogen and oxygen atoms in total. The predicted octanol–water partition coefficient (Wildman–Crippen LogP) is 5.52. The van der Waals surface area contributed by atoms with Gasteiger partial charge in [0, 0.05) is 0 Å². The van der Waals surface area contributed by atoms with E-state index < -0.39 is 0 Å². The zero-order valence-corrected chi connectivity index (χ0v) is 11.3. The molecule has 0 rings (SSSR count). The summed E-state index contributed by atoms with van der Waals surface area (Å²) in [4.78, 5) is 0. The van der Waals surface area contributed by atoms with Gasteiger partial charge in [-0.3, -0.25) is 0 Å². The van der Waals surface area contributed by atoms with Gasteiger partial charge < -0.3 is 0 Å². The molecule has 0 heteroatoms. The zero-order valence-electron chi connectivity index (χ0n) is 11.3. The van der Waals surface area contributed by atoms with Crippen molar-refractivity contribution in [1.29, 1.82) is 0 Å². The minimum absolute atomic E-state index is 0.880. The molecular weight excluding hydrogens is 156 g/mol. The second-order valence-corrected chi connectivity index (χ2v) is 3.53. The lowest BCUT2D eigenvalue weighted by molar-refractivity contribution is 0.362. The number of hydrogen-bond acceptors (Lipinski definition) is 0. The van der Waals surface area contributed by atoms with Crippen LogP contribution in [0.4, 0.5) is 0 Å². The Bertz CT molecular complexity index is 51.1. The van der Waals surface area contributed by atoms with E-state index in [2.05, 4.69) is 41.5 Å². The summed E-state index contributed by atoms with van der Waals surface area (Å²) in [5.74, 6) is 1.83. The van der Waals surface area contributed by atoms with Crippen LogP contribution in [0.1, 0.15) is 74.7 Å². The van der Waals surface area contributed by atoms with Gasteiger partial charge in [-0.25, -0.2) is 0 Å². The Labute approximate surface area is 87.1 Å². The maximum absolute atomic E-state index is 2.30. The van der Waals surface area contributed by atoms with Gasteiger partial charge in [-0.15, -0.1) is 0 Å². The van der Waals surface area contributed by atoms with Gasteiger partial charge >= 0.3 is 0 Å². The summed E-state index contributed by atoms with van der Waals surface area (Å²) in [6.45, 7) is 17.4. The average Bonchev–Trinajstić information content (AvgIpc) is 2.11. The molecule has 0 radical (unpaired) electrons. The van der Waals surface area contributed by atoms with Crippen LogP contribution in [0.3, 0.4) is 0 Å². The first kappa shape index (κ1) is 18.7. The van der Waals surface area contributed by atoms with Crippen LogP contribution in [-0.2, 0) is 0 Å². The summed E-state index contributed by atoms with van der Waals surface area (Å²) in [7, 11) is 0. The number of rotatable bonds is 3. The smallest absolute Gasteiger partial charge is 0.0396 e. The summed E-state index contributed by atoms with van der Waals surface area (Å²) in [5, 5.41) is 0. The first-order chi connectivity index (χ1) is 6.13. The first-order valence-corrected chi connectivity index (χ1v) is 6.13. The van der Waals surface area contributed by atoms with Gasteiger partial charge in [-0.05, 0) is 11.8 Å². The largest absolute Gasteiger partial charge is 0.0683 e. The van der Waals surface area contributed by atoms with Crippen LogP contribution in [-0.4, -0.2) is 0 Å². The summed E-state index contributed by atoms with van der Waals surface area (Å²) >= 11 is 0. The number of hydrogen-bond donors (Lipinski definition) is 0. The maximum Gasteiger partial charge on any atom is -0.0396 e. The van der Waals surface area contributed by atoms with Crippen molar-refractivity contribution in [2.75, 3.05) is 0 Å². The first-order valence-electron chi connectivity index (χ1n) is 6.13. The molecule has 0 N–H and O–H groups in total. The molecule has 0 atom stereocenters. The van der Waals surface area contributed by atoms with E-state index in [1.807, 2.05) is 13.8 Å². The van der Waals surface area contributed by atoms with Gasteiger partial charge in [0.15, 0.2) is 0 Å². The molecule has 0 aromatic rings. The van der Waals surface area contributed by atoms with Crippen molar-refractivity contribution in [3.8, 4) is 0 Å². The highest BCUT2D eigenvalue weighted by Crippen LogP contribution is 2.17. The minimum Gasteiger partial charge on any atom is -0.0683 e. The second kappa shape index (κ2) is 17.9. The van der Waals surface area contributed by atoms with Crippen LogP contribution < -0.4 is 0 Å². The molecular formula is C13H32. The standard InChI is InChI=1S/C8H18.C3H8.C2H6/c1-5-8(6-2)7(3)4;1-3-2;1-2/h7-8H,5-6H2,1-4H3;3H2,1-2H3;1-2H3. The van der Waals surface area contributed by atoms with E-state index in [0.29, 0.717) is 0 Å². The quantitative estimate of drug-likeness (QED) is 0.547. The molecule has 0 aliphatic carbocycles. The third kappa shape index (κ3) is 18.8. The molecule has 0 aromatic heterocycles. The van der Waals surface area contributed by atoms with E-state index in [0.717, 1.165) is 11.8 Å². The Morgan fingerprint density at radius 2 is 1.00 bits per heavy atom. The highest BCUT2D eigenvalue weighted by atomic mass is 14.1. The van der Waals surface area contributed by atoms with Crippen LogP contribution >= 0.6 is 0 Å². The highest BCUT2D eigenvalue weighted by molar-refractivity contribution is 4.57. The SMILES string of the molecule is CC.CCC.CCC(CC)C(C)C. The second-order valence-electron chi connectivity index (χ2n) is 3.53. The molecule has 0 saturated carbocycles. The molecule has 0 spiro atoms. The monoisotopic (exact) mass is 188 g/mol. The Kier molecular flexibility index (Phi) is 25.8. The van der Waals surface area contributed by atoms with E-state index >= 15 is 0 Å². The summed E-state index contributed by atoms with van der Waals surface area (Å²) in [5.41, 5.74) is 0. The summed E-state index contributed by atoms with van der Waals surface area (Å²) < 4.78 is 0. The third-order valence-corrected chi connectivity index (χ3v) is 1.99. The van der Waals surface area contributed by atoms with Crippen LogP contribution in [0.15, 0.2) is 0 Å². The lowest BCUT2D eigenvalue weighted by Gasteiger charge is -2.15. The van der Waals surface area contributed by atoms with Crippen molar-refractivity contribution in [2.45, 2.75) is 74.7 Å². The molecule has 13 heavy (non-hydrogen) atoms. The molecule has 0 amide bonds.